The quantitative estimate of drug-likeness (QED) is 0.420. The first-order valence-corrected chi connectivity index (χ1v) is 7.03. The van der Waals surface area contributed by atoms with Gasteiger partial charge in [-0.25, -0.2) is 4.79 Å². The Hall–Kier alpha value is -3.08. The smallest absolute Gasteiger partial charge is 0.336 e. The second-order valence-electron chi connectivity index (χ2n) is 4.90. The number of hydrogen-bond acceptors (Lipinski definition) is 5. The van der Waals surface area contributed by atoms with Gasteiger partial charge in [-0.15, -0.1) is 0 Å². The molecule has 0 radical (unpaired) electrons. The lowest BCUT2D eigenvalue weighted by molar-refractivity contribution is -0.147. The predicted molar refractivity (Wildman–Crippen MR) is 85.2 cm³/mol. The van der Waals surface area contributed by atoms with Crippen molar-refractivity contribution in [2.24, 2.45) is 0 Å². The maximum absolute atomic E-state index is 11.8. The zero-order chi connectivity index (χ0) is 16.2. The number of benzene rings is 2. The van der Waals surface area contributed by atoms with E-state index < -0.39 is 11.6 Å². The molecule has 1 heterocycles. The van der Waals surface area contributed by atoms with Crippen LogP contribution in [0.3, 0.4) is 0 Å². The molecule has 0 spiro atoms. The number of ether oxygens (including phenoxy) is 2. The fourth-order valence-electron chi connectivity index (χ4n) is 2.27. The van der Waals surface area contributed by atoms with Gasteiger partial charge in [0, 0.05) is 24.4 Å². The molecule has 0 fully saturated rings. The second kappa shape index (κ2) is 6.36. The van der Waals surface area contributed by atoms with Crippen LogP contribution in [0, 0.1) is 0 Å². The summed E-state index contributed by atoms with van der Waals surface area (Å²) in [6.07, 6.45) is 0. The van der Waals surface area contributed by atoms with Gasteiger partial charge in [-0.3, -0.25) is 4.79 Å². The van der Waals surface area contributed by atoms with Crippen LogP contribution in [0.25, 0.3) is 22.1 Å². The van der Waals surface area contributed by atoms with Crippen molar-refractivity contribution in [1.82, 2.24) is 0 Å². The van der Waals surface area contributed by atoms with Crippen LogP contribution in [0.1, 0.15) is 6.92 Å². The number of carbonyl (C=O) groups is 1. The van der Waals surface area contributed by atoms with Crippen LogP contribution in [0.4, 0.5) is 0 Å². The molecule has 5 heteroatoms. The summed E-state index contributed by atoms with van der Waals surface area (Å²) in [5.74, 6) is 0.0239. The van der Waals surface area contributed by atoms with Gasteiger partial charge < -0.3 is 13.9 Å². The molecule has 0 bridgehead atoms. The third kappa shape index (κ3) is 3.40. The maximum atomic E-state index is 11.8. The van der Waals surface area contributed by atoms with E-state index in [2.05, 4.69) is 0 Å². The van der Waals surface area contributed by atoms with Crippen molar-refractivity contribution in [3.63, 3.8) is 0 Å². The highest BCUT2D eigenvalue weighted by Crippen LogP contribution is 2.29. The molecule has 2 aromatic carbocycles. The number of hydrogen-bond donors (Lipinski definition) is 0. The molecule has 3 aromatic rings. The number of rotatable bonds is 4. The Kier molecular flexibility index (Phi) is 4.10. The Morgan fingerprint density at radius 2 is 1.87 bits per heavy atom. The van der Waals surface area contributed by atoms with Crippen LogP contribution in [0.5, 0.6) is 5.75 Å². The predicted octanol–water partition coefficient (Wildman–Crippen LogP) is 3.36. The largest absolute Gasteiger partial charge is 0.457 e. The molecule has 23 heavy (non-hydrogen) atoms. The van der Waals surface area contributed by atoms with Gasteiger partial charge in [0.25, 0.3) is 0 Å². The maximum Gasteiger partial charge on any atom is 0.336 e. The highest BCUT2D eigenvalue weighted by Gasteiger charge is 2.09. The van der Waals surface area contributed by atoms with Crippen LogP contribution >= 0.6 is 0 Å². The van der Waals surface area contributed by atoms with Crippen molar-refractivity contribution in [1.29, 1.82) is 0 Å². The first-order chi connectivity index (χ1) is 11.1. The van der Waals surface area contributed by atoms with Gasteiger partial charge in [-0.2, -0.15) is 0 Å². The van der Waals surface area contributed by atoms with E-state index in [0.717, 1.165) is 16.5 Å². The first kappa shape index (κ1) is 14.8. The summed E-state index contributed by atoms with van der Waals surface area (Å²) in [6.45, 7) is 1.11. The van der Waals surface area contributed by atoms with Crippen LogP contribution in [-0.2, 0) is 9.53 Å². The van der Waals surface area contributed by atoms with Crippen molar-refractivity contribution in [2.45, 2.75) is 6.92 Å². The monoisotopic (exact) mass is 310 g/mol. The molecule has 0 aliphatic heterocycles. The van der Waals surface area contributed by atoms with Crippen LogP contribution < -0.4 is 10.4 Å². The number of esters is 1. The molecule has 116 valence electrons. The van der Waals surface area contributed by atoms with Crippen molar-refractivity contribution in [3.05, 3.63) is 65.0 Å². The van der Waals surface area contributed by atoms with Crippen molar-refractivity contribution < 1.29 is 18.7 Å². The average Bonchev–Trinajstić information content (AvgIpc) is 2.54. The van der Waals surface area contributed by atoms with Gasteiger partial charge in [0.2, 0.25) is 6.79 Å². The van der Waals surface area contributed by atoms with Crippen molar-refractivity contribution in [2.75, 3.05) is 6.79 Å². The Bertz CT molecular complexity index is 896. The fraction of sp³-hybridized carbons (Fsp3) is 0.111. The molecule has 0 amide bonds. The van der Waals surface area contributed by atoms with Gasteiger partial charge >= 0.3 is 11.6 Å². The minimum absolute atomic E-state index is 0.191. The summed E-state index contributed by atoms with van der Waals surface area (Å²) in [5.41, 5.74) is 1.70. The van der Waals surface area contributed by atoms with Crippen LogP contribution in [0.2, 0.25) is 0 Å². The van der Waals surface area contributed by atoms with E-state index in [4.69, 9.17) is 13.9 Å². The number of carbonyl (C=O) groups excluding carboxylic acids is 1. The molecular weight excluding hydrogens is 296 g/mol. The van der Waals surface area contributed by atoms with Gasteiger partial charge in [-0.05, 0) is 23.3 Å². The van der Waals surface area contributed by atoms with E-state index >= 15 is 0 Å². The summed E-state index contributed by atoms with van der Waals surface area (Å²) < 4.78 is 15.3. The summed E-state index contributed by atoms with van der Waals surface area (Å²) in [6, 6.07) is 16.2. The summed E-state index contributed by atoms with van der Waals surface area (Å²) in [5, 5.41) is 0.802. The van der Waals surface area contributed by atoms with E-state index in [9.17, 15) is 9.59 Å². The summed E-state index contributed by atoms with van der Waals surface area (Å²) in [7, 11) is 0. The first-order valence-electron chi connectivity index (χ1n) is 7.03. The molecule has 1 aromatic heterocycles. The molecule has 0 N–H and O–H groups in total. The Morgan fingerprint density at radius 3 is 2.61 bits per heavy atom. The average molecular weight is 310 g/mol. The minimum atomic E-state index is -0.437. The Morgan fingerprint density at radius 1 is 1.09 bits per heavy atom. The fourth-order valence-corrected chi connectivity index (χ4v) is 2.27. The summed E-state index contributed by atoms with van der Waals surface area (Å²) in [4.78, 5) is 22.5. The van der Waals surface area contributed by atoms with Gasteiger partial charge in [0.1, 0.15) is 11.3 Å². The molecule has 0 unspecified atom stereocenters. The lowest BCUT2D eigenvalue weighted by atomic mass is 10.0. The third-order valence-electron chi connectivity index (χ3n) is 3.29. The SMILES string of the molecule is CC(=O)OCOc1ccc2c(-c3ccccc3)cc(=O)oc2c1. The Labute approximate surface area is 132 Å². The van der Waals surface area contributed by atoms with Crippen molar-refractivity contribution >= 4 is 16.9 Å². The molecular formula is C18H14O5. The van der Waals surface area contributed by atoms with Gasteiger partial charge in [0.15, 0.2) is 0 Å². The highest BCUT2D eigenvalue weighted by atomic mass is 16.7. The third-order valence-corrected chi connectivity index (χ3v) is 3.29. The van der Waals surface area contributed by atoms with Gasteiger partial charge in [0.05, 0.1) is 0 Å². The van der Waals surface area contributed by atoms with E-state index in [1.165, 1.54) is 13.0 Å². The summed E-state index contributed by atoms with van der Waals surface area (Å²) >= 11 is 0. The normalized spacial score (nSPS) is 10.5. The van der Waals surface area contributed by atoms with E-state index in [1.807, 2.05) is 36.4 Å². The molecule has 5 nitrogen and oxygen atoms in total. The topological polar surface area (TPSA) is 65.7 Å². The second-order valence-corrected chi connectivity index (χ2v) is 4.90. The zero-order valence-corrected chi connectivity index (χ0v) is 12.4. The lowest BCUT2D eigenvalue weighted by Crippen LogP contribution is -2.06. The molecule has 0 saturated heterocycles. The van der Waals surface area contributed by atoms with Crippen molar-refractivity contribution in [3.8, 4) is 16.9 Å². The van der Waals surface area contributed by atoms with Crippen LogP contribution in [-0.4, -0.2) is 12.8 Å². The van der Waals surface area contributed by atoms with E-state index in [0.29, 0.717) is 11.3 Å². The molecule has 3 rings (SSSR count). The van der Waals surface area contributed by atoms with E-state index in [1.54, 1.807) is 12.1 Å². The van der Waals surface area contributed by atoms with Gasteiger partial charge in [-0.1, -0.05) is 30.3 Å². The molecule has 0 saturated carbocycles. The van der Waals surface area contributed by atoms with E-state index in [-0.39, 0.29) is 6.79 Å². The minimum Gasteiger partial charge on any atom is -0.457 e. The number of fused-ring (bicyclic) bond motifs is 1. The molecule has 0 aliphatic carbocycles. The Balaban J connectivity index is 2.00. The lowest BCUT2D eigenvalue weighted by Gasteiger charge is -2.09. The highest BCUT2D eigenvalue weighted by molar-refractivity contribution is 5.93. The zero-order valence-electron chi connectivity index (χ0n) is 12.4. The molecule has 0 atom stereocenters. The standard InChI is InChI=1S/C18H14O5/c1-12(19)21-11-22-14-7-8-15-16(13-5-3-2-4-6-13)10-18(20)23-17(15)9-14/h2-10H,11H2,1H3. The van der Waals surface area contributed by atoms with Crippen LogP contribution in [0.15, 0.2) is 63.8 Å². The molecule has 0 aliphatic rings.